The fourth-order valence-electron chi connectivity index (χ4n) is 2.45. The average molecular weight is 219 g/mol. The van der Waals surface area contributed by atoms with Crippen LogP contribution in [-0.2, 0) is 12.8 Å². The van der Waals surface area contributed by atoms with Gasteiger partial charge in [-0.1, -0.05) is 19.4 Å². The molecule has 1 aliphatic heterocycles. The minimum atomic E-state index is 0.408. The van der Waals surface area contributed by atoms with Crippen molar-refractivity contribution in [2.24, 2.45) is 0 Å². The quantitative estimate of drug-likeness (QED) is 0.819. The first-order chi connectivity index (χ1) is 7.78. The van der Waals surface area contributed by atoms with Crippen LogP contribution in [0, 0.1) is 0 Å². The van der Waals surface area contributed by atoms with Crippen LogP contribution in [0.1, 0.15) is 37.3 Å². The molecule has 1 fully saturated rings. The predicted molar refractivity (Wildman–Crippen MR) is 66.8 cm³/mol. The van der Waals surface area contributed by atoms with E-state index in [2.05, 4.69) is 18.3 Å². The van der Waals surface area contributed by atoms with Crippen LogP contribution in [0.25, 0.3) is 0 Å². The molecular weight excluding hydrogens is 198 g/mol. The molecule has 1 atom stereocenters. The first-order valence-corrected chi connectivity index (χ1v) is 6.33. The highest BCUT2D eigenvalue weighted by Gasteiger charge is 2.13. The van der Waals surface area contributed by atoms with Crippen molar-refractivity contribution in [2.75, 3.05) is 6.54 Å². The van der Waals surface area contributed by atoms with E-state index >= 15 is 0 Å². The smallest absolute Gasteiger partial charge is 0.116 e. The lowest BCUT2D eigenvalue weighted by Crippen LogP contribution is -2.35. The number of phenols is 1. The molecule has 16 heavy (non-hydrogen) atoms. The van der Waals surface area contributed by atoms with Gasteiger partial charge in [-0.05, 0) is 55.5 Å². The molecule has 0 amide bonds. The van der Waals surface area contributed by atoms with Gasteiger partial charge in [0.05, 0.1) is 0 Å². The van der Waals surface area contributed by atoms with Crippen molar-refractivity contribution in [1.82, 2.24) is 5.32 Å². The summed E-state index contributed by atoms with van der Waals surface area (Å²) in [6, 6.07) is 6.57. The van der Waals surface area contributed by atoms with Gasteiger partial charge in [-0.15, -0.1) is 0 Å². The minimum Gasteiger partial charge on any atom is -0.508 e. The third-order valence-corrected chi connectivity index (χ3v) is 3.34. The number of piperidine rings is 1. The minimum absolute atomic E-state index is 0.408. The van der Waals surface area contributed by atoms with Crippen molar-refractivity contribution >= 4 is 0 Å². The van der Waals surface area contributed by atoms with E-state index in [0.29, 0.717) is 11.8 Å². The molecule has 2 heteroatoms. The van der Waals surface area contributed by atoms with E-state index in [9.17, 15) is 5.11 Å². The van der Waals surface area contributed by atoms with E-state index in [0.717, 1.165) is 19.4 Å². The summed E-state index contributed by atoms with van der Waals surface area (Å²) in [5.41, 5.74) is 2.49. The van der Waals surface area contributed by atoms with Gasteiger partial charge in [0.15, 0.2) is 0 Å². The monoisotopic (exact) mass is 219 g/mol. The standard InChI is InChI=1S/C14H21NO/c1-2-11-7-12(10-14(16)9-11)8-13-5-3-4-6-15-13/h7,9-10,13,15-16H,2-6,8H2,1H3. The van der Waals surface area contributed by atoms with Crippen LogP contribution in [0.4, 0.5) is 0 Å². The normalized spacial score (nSPS) is 20.9. The first kappa shape index (κ1) is 11.5. The fourth-order valence-corrected chi connectivity index (χ4v) is 2.45. The van der Waals surface area contributed by atoms with Crippen molar-refractivity contribution in [3.05, 3.63) is 29.3 Å². The second-order valence-corrected chi connectivity index (χ2v) is 4.71. The third-order valence-electron chi connectivity index (χ3n) is 3.34. The Labute approximate surface area is 97.7 Å². The number of aromatic hydroxyl groups is 1. The zero-order valence-corrected chi connectivity index (χ0v) is 10.00. The lowest BCUT2D eigenvalue weighted by Gasteiger charge is -2.23. The summed E-state index contributed by atoms with van der Waals surface area (Å²) in [5.74, 6) is 0.408. The number of hydrogen-bond acceptors (Lipinski definition) is 2. The van der Waals surface area contributed by atoms with Gasteiger partial charge < -0.3 is 10.4 Å². The SMILES string of the molecule is CCc1cc(O)cc(CC2CCCCN2)c1. The molecule has 2 N–H and O–H groups in total. The number of phenolic OH excluding ortho intramolecular Hbond substituents is 1. The number of hydrogen-bond donors (Lipinski definition) is 2. The highest BCUT2D eigenvalue weighted by molar-refractivity contribution is 5.34. The molecule has 88 valence electrons. The molecule has 0 radical (unpaired) electrons. The van der Waals surface area contributed by atoms with Crippen LogP contribution in [-0.4, -0.2) is 17.7 Å². The maximum absolute atomic E-state index is 9.63. The van der Waals surface area contributed by atoms with E-state index in [1.165, 1.54) is 30.4 Å². The third kappa shape index (κ3) is 2.99. The Kier molecular flexibility index (Phi) is 3.83. The summed E-state index contributed by atoms with van der Waals surface area (Å²) in [7, 11) is 0. The highest BCUT2D eigenvalue weighted by Crippen LogP contribution is 2.19. The number of nitrogens with one attached hydrogen (secondary N) is 1. The van der Waals surface area contributed by atoms with Crippen molar-refractivity contribution in [1.29, 1.82) is 0 Å². The molecule has 0 spiro atoms. The van der Waals surface area contributed by atoms with Crippen molar-refractivity contribution in [2.45, 2.75) is 45.1 Å². The van der Waals surface area contributed by atoms with E-state index in [4.69, 9.17) is 0 Å². The Bertz CT molecular complexity index is 343. The summed E-state index contributed by atoms with van der Waals surface area (Å²) in [4.78, 5) is 0. The molecule has 1 heterocycles. The molecule has 1 aliphatic rings. The van der Waals surface area contributed by atoms with Crippen molar-refractivity contribution < 1.29 is 5.11 Å². The van der Waals surface area contributed by atoms with Crippen molar-refractivity contribution in [3.8, 4) is 5.75 Å². The molecule has 0 aliphatic carbocycles. The molecule has 2 rings (SSSR count). The van der Waals surface area contributed by atoms with Gasteiger partial charge in [0.2, 0.25) is 0 Å². The Morgan fingerprint density at radius 1 is 1.25 bits per heavy atom. The summed E-state index contributed by atoms with van der Waals surface area (Å²) in [5, 5.41) is 13.2. The summed E-state index contributed by atoms with van der Waals surface area (Å²) >= 11 is 0. The van der Waals surface area contributed by atoms with Gasteiger partial charge in [-0.2, -0.15) is 0 Å². The van der Waals surface area contributed by atoms with Crippen LogP contribution in [0.15, 0.2) is 18.2 Å². The topological polar surface area (TPSA) is 32.3 Å². The molecule has 1 saturated heterocycles. The largest absolute Gasteiger partial charge is 0.508 e. The van der Waals surface area contributed by atoms with Gasteiger partial charge >= 0.3 is 0 Å². The van der Waals surface area contributed by atoms with E-state index in [1.54, 1.807) is 0 Å². The van der Waals surface area contributed by atoms with Crippen molar-refractivity contribution in [3.63, 3.8) is 0 Å². The number of aryl methyl sites for hydroxylation is 1. The average Bonchev–Trinajstić information content (AvgIpc) is 2.29. The second-order valence-electron chi connectivity index (χ2n) is 4.71. The molecule has 0 bridgehead atoms. The van der Waals surface area contributed by atoms with Crippen LogP contribution < -0.4 is 5.32 Å². The van der Waals surface area contributed by atoms with Crippen LogP contribution in [0.2, 0.25) is 0 Å². The number of benzene rings is 1. The molecule has 1 unspecified atom stereocenters. The van der Waals surface area contributed by atoms with Gasteiger partial charge in [-0.25, -0.2) is 0 Å². The maximum atomic E-state index is 9.63. The maximum Gasteiger partial charge on any atom is 0.116 e. The zero-order chi connectivity index (χ0) is 11.4. The Morgan fingerprint density at radius 2 is 2.06 bits per heavy atom. The van der Waals surface area contributed by atoms with Crippen LogP contribution in [0.3, 0.4) is 0 Å². The van der Waals surface area contributed by atoms with E-state index in [1.807, 2.05) is 12.1 Å². The molecule has 1 aromatic rings. The molecule has 0 aromatic heterocycles. The van der Waals surface area contributed by atoms with E-state index in [-0.39, 0.29) is 0 Å². The lowest BCUT2D eigenvalue weighted by atomic mass is 9.96. The molecule has 0 saturated carbocycles. The molecular formula is C14H21NO. The van der Waals surface area contributed by atoms with Gasteiger partial charge in [0.25, 0.3) is 0 Å². The Hall–Kier alpha value is -1.02. The highest BCUT2D eigenvalue weighted by atomic mass is 16.3. The Balaban J connectivity index is 2.04. The first-order valence-electron chi connectivity index (χ1n) is 6.33. The Morgan fingerprint density at radius 3 is 2.75 bits per heavy atom. The molecule has 2 nitrogen and oxygen atoms in total. The fraction of sp³-hybridized carbons (Fsp3) is 0.571. The van der Waals surface area contributed by atoms with Gasteiger partial charge in [0.1, 0.15) is 5.75 Å². The second kappa shape index (κ2) is 5.35. The summed E-state index contributed by atoms with van der Waals surface area (Å²) < 4.78 is 0. The predicted octanol–water partition coefficient (Wildman–Crippen LogP) is 2.64. The summed E-state index contributed by atoms with van der Waals surface area (Å²) in [6.45, 7) is 3.27. The summed E-state index contributed by atoms with van der Waals surface area (Å²) in [6.07, 6.45) is 5.92. The van der Waals surface area contributed by atoms with E-state index < -0.39 is 0 Å². The molecule has 1 aromatic carbocycles. The van der Waals surface area contributed by atoms with Crippen LogP contribution >= 0.6 is 0 Å². The zero-order valence-electron chi connectivity index (χ0n) is 10.00. The van der Waals surface area contributed by atoms with Gasteiger partial charge in [-0.3, -0.25) is 0 Å². The van der Waals surface area contributed by atoms with Crippen LogP contribution in [0.5, 0.6) is 5.75 Å². The lowest BCUT2D eigenvalue weighted by molar-refractivity contribution is 0.398. The number of rotatable bonds is 3. The van der Waals surface area contributed by atoms with Gasteiger partial charge in [0, 0.05) is 6.04 Å².